The number of aliphatic carboxylic acids is 1. The summed E-state index contributed by atoms with van der Waals surface area (Å²) >= 11 is 0. The van der Waals surface area contributed by atoms with Crippen LogP contribution in [0.2, 0.25) is 0 Å². The van der Waals surface area contributed by atoms with E-state index in [1.165, 1.54) is 19.1 Å². The topological polar surface area (TPSA) is 105 Å². The van der Waals surface area contributed by atoms with E-state index in [2.05, 4.69) is 5.32 Å². The summed E-state index contributed by atoms with van der Waals surface area (Å²) in [5.74, 6) is -2.04. The monoisotopic (exact) mass is 319 g/mol. The fourth-order valence-electron chi connectivity index (χ4n) is 2.69. The molecule has 0 radical (unpaired) electrons. The quantitative estimate of drug-likeness (QED) is 0.842. The van der Waals surface area contributed by atoms with Gasteiger partial charge in [0.1, 0.15) is 6.04 Å². The molecule has 1 aromatic heterocycles. The number of carboxylic acids is 1. The maximum atomic E-state index is 12.5. The Hall–Kier alpha value is -2.61. The number of carbonyl (C=O) groups is 2. The number of rotatable bonds is 3. The van der Waals surface area contributed by atoms with E-state index in [1.807, 2.05) is 0 Å². The number of benzene rings is 1. The van der Waals surface area contributed by atoms with Crippen molar-refractivity contribution >= 4 is 23.0 Å². The lowest BCUT2D eigenvalue weighted by atomic mass is 10.1. The van der Waals surface area contributed by atoms with Gasteiger partial charge in [-0.05, 0) is 25.1 Å². The van der Waals surface area contributed by atoms with E-state index in [1.54, 1.807) is 11.0 Å². The van der Waals surface area contributed by atoms with E-state index in [0.29, 0.717) is 24.2 Å². The number of hydrogen-bond donors (Lipinski definition) is 2. The Balaban J connectivity index is 2.03. The van der Waals surface area contributed by atoms with Gasteiger partial charge in [0, 0.05) is 31.7 Å². The summed E-state index contributed by atoms with van der Waals surface area (Å²) in [5, 5.41) is 12.3. The summed E-state index contributed by atoms with van der Waals surface area (Å²) in [4.78, 5) is 37.3. The molecule has 2 N–H and O–H groups in total. The van der Waals surface area contributed by atoms with Crippen LogP contribution < -0.4 is 11.1 Å². The molecule has 1 saturated heterocycles. The average Bonchev–Trinajstić information content (AvgIpc) is 2.89. The first-order chi connectivity index (χ1) is 11.0. The molecule has 8 nitrogen and oxygen atoms in total. The number of piperazine rings is 1. The van der Waals surface area contributed by atoms with Crippen molar-refractivity contribution in [1.82, 2.24) is 14.8 Å². The van der Waals surface area contributed by atoms with Gasteiger partial charge in [-0.15, -0.1) is 0 Å². The van der Waals surface area contributed by atoms with Gasteiger partial charge in [-0.2, -0.15) is 0 Å². The van der Waals surface area contributed by atoms with E-state index in [0.717, 1.165) is 17.7 Å². The van der Waals surface area contributed by atoms with Gasteiger partial charge in [-0.25, -0.2) is 9.59 Å². The zero-order valence-corrected chi connectivity index (χ0v) is 12.6. The number of aromatic nitrogens is 1. The van der Waals surface area contributed by atoms with E-state index < -0.39 is 17.8 Å². The van der Waals surface area contributed by atoms with Gasteiger partial charge < -0.3 is 19.7 Å². The molecule has 0 aliphatic carbocycles. The van der Waals surface area contributed by atoms with Crippen molar-refractivity contribution < 1.29 is 19.1 Å². The molecular formula is C15H17N3O5. The molecule has 3 rings (SSSR count). The molecule has 1 amide bonds. The first kappa shape index (κ1) is 15.3. The average molecular weight is 319 g/mol. The minimum Gasteiger partial charge on any atom is -0.480 e. The lowest BCUT2D eigenvalue weighted by molar-refractivity contribution is -0.140. The Morgan fingerprint density at radius 1 is 1.30 bits per heavy atom. The smallest absolute Gasteiger partial charge is 0.420 e. The molecule has 1 unspecified atom stereocenters. The number of amides is 1. The van der Waals surface area contributed by atoms with Gasteiger partial charge in [-0.3, -0.25) is 9.36 Å². The van der Waals surface area contributed by atoms with Crippen molar-refractivity contribution in [1.29, 1.82) is 0 Å². The highest BCUT2D eigenvalue weighted by molar-refractivity contribution is 5.97. The fraction of sp³-hybridized carbons (Fsp3) is 0.400. The molecule has 1 fully saturated rings. The second-order valence-corrected chi connectivity index (χ2v) is 5.48. The maximum absolute atomic E-state index is 12.5. The fourth-order valence-corrected chi connectivity index (χ4v) is 2.69. The molecule has 23 heavy (non-hydrogen) atoms. The molecule has 122 valence electrons. The lowest BCUT2D eigenvalue weighted by Gasteiger charge is -2.27. The summed E-state index contributed by atoms with van der Waals surface area (Å²) < 4.78 is 6.11. The van der Waals surface area contributed by atoms with Crippen LogP contribution >= 0.6 is 0 Å². The number of nitrogens with zero attached hydrogens (tertiary/aromatic N) is 2. The molecular weight excluding hydrogens is 302 g/mol. The van der Waals surface area contributed by atoms with Gasteiger partial charge in [0.15, 0.2) is 5.58 Å². The Morgan fingerprint density at radius 3 is 2.65 bits per heavy atom. The summed E-state index contributed by atoms with van der Waals surface area (Å²) in [6.07, 6.45) is 0. The highest BCUT2D eigenvalue weighted by Crippen LogP contribution is 2.20. The SMILES string of the molecule is CC(C(=O)O)n1c(=O)oc2ccc(C(=O)N3CCNCC3)cc21. The highest BCUT2D eigenvalue weighted by atomic mass is 16.4. The Kier molecular flexibility index (Phi) is 3.91. The van der Waals surface area contributed by atoms with Crippen molar-refractivity contribution in [3.05, 3.63) is 34.3 Å². The van der Waals surface area contributed by atoms with Gasteiger partial charge in [-0.1, -0.05) is 0 Å². The largest absolute Gasteiger partial charge is 0.480 e. The van der Waals surface area contributed by atoms with Crippen molar-refractivity contribution in [2.45, 2.75) is 13.0 Å². The number of oxazole rings is 1. The zero-order valence-electron chi connectivity index (χ0n) is 12.6. The van der Waals surface area contributed by atoms with Crippen LogP contribution in [-0.4, -0.2) is 52.6 Å². The molecule has 0 bridgehead atoms. The predicted octanol–water partition coefficient (Wildman–Crippen LogP) is 0.286. The number of fused-ring (bicyclic) bond motifs is 1. The van der Waals surface area contributed by atoms with E-state index >= 15 is 0 Å². The van der Waals surface area contributed by atoms with Crippen molar-refractivity contribution in [3.63, 3.8) is 0 Å². The Morgan fingerprint density at radius 2 is 2.00 bits per heavy atom. The molecule has 1 atom stereocenters. The highest BCUT2D eigenvalue weighted by Gasteiger charge is 2.23. The zero-order chi connectivity index (χ0) is 16.6. The number of nitrogens with one attached hydrogen (secondary N) is 1. The van der Waals surface area contributed by atoms with Gasteiger partial charge in [0.2, 0.25) is 0 Å². The number of carbonyl (C=O) groups excluding carboxylic acids is 1. The molecule has 1 aliphatic rings. The summed E-state index contributed by atoms with van der Waals surface area (Å²) in [7, 11) is 0. The van der Waals surface area contributed by atoms with Crippen molar-refractivity contribution in [2.24, 2.45) is 0 Å². The minimum absolute atomic E-state index is 0.142. The van der Waals surface area contributed by atoms with Crippen LogP contribution in [0.25, 0.3) is 11.1 Å². The third-order valence-electron chi connectivity index (χ3n) is 4.01. The second-order valence-electron chi connectivity index (χ2n) is 5.48. The molecule has 8 heteroatoms. The summed E-state index contributed by atoms with van der Waals surface area (Å²) in [6.45, 7) is 4.09. The lowest BCUT2D eigenvalue weighted by Crippen LogP contribution is -2.46. The van der Waals surface area contributed by atoms with Gasteiger partial charge in [0.25, 0.3) is 5.91 Å². The Labute approximate surface area is 131 Å². The van der Waals surface area contributed by atoms with E-state index in [4.69, 9.17) is 9.52 Å². The first-order valence-electron chi connectivity index (χ1n) is 7.37. The standard InChI is InChI=1S/C15H17N3O5/c1-9(14(20)21)18-11-8-10(2-3-12(11)23-15(18)22)13(19)17-6-4-16-5-7-17/h2-3,8-9,16H,4-7H2,1H3,(H,20,21). The van der Waals surface area contributed by atoms with Gasteiger partial charge >= 0.3 is 11.7 Å². The molecule has 1 aromatic carbocycles. The van der Waals surface area contributed by atoms with Crippen molar-refractivity contribution in [3.8, 4) is 0 Å². The normalized spacial score (nSPS) is 16.5. The number of carboxylic acid groups (broad SMARTS) is 1. The molecule has 0 saturated carbocycles. The predicted molar refractivity (Wildman–Crippen MR) is 81.6 cm³/mol. The second kappa shape index (κ2) is 5.88. The maximum Gasteiger partial charge on any atom is 0.420 e. The molecule has 0 spiro atoms. The van der Waals surface area contributed by atoms with E-state index in [-0.39, 0.29) is 11.5 Å². The molecule has 2 heterocycles. The Bertz CT molecular complexity index is 816. The third kappa shape index (κ3) is 2.72. The minimum atomic E-state index is -1.14. The first-order valence-corrected chi connectivity index (χ1v) is 7.37. The van der Waals surface area contributed by atoms with Crippen LogP contribution in [0.15, 0.2) is 27.4 Å². The molecule has 2 aromatic rings. The third-order valence-corrected chi connectivity index (χ3v) is 4.01. The van der Waals surface area contributed by atoms with Crippen molar-refractivity contribution in [2.75, 3.05) is 26.2 Å². The van der Waals surface area contributed by atoms with Crippen LogP contribution in [0, 0.1) is 0 Å². The van der Waals surface area contributed by atoms with E-state index in [9.17, 15) is 14.4 Å². The van der Waals surface area contributed by atoms with Crippen LogP contribution in [0.4, 0.5) is 0 Å². The molecule has 1 aliphatic heterocycles. The van der Waals surface area contributed by atoms with Crippen LogP contribution in [0.5, 0.6) is 0 Å². The van der Waals surface area contributed by atoms with Crippen LogP contribution in [0.1, 0.15) is 23.3 Å². The number of hydrogen-bond acceptors (Lipinski definition) is 5. The van der Waals surface area contributed by atoms with Gasteiger partial charge in [0.05, 0.1) is 5.52 Å². The van der Waals surface area contributed by atoms with Crippen LogP contribution in [-0.2, 0) is 4.79 Å². The van der Waals surface area contributed by atoms with Crippen LogP contribution in [0.3, 0.4) is 0 Å². The summed E-state index contributed by atoms with van der Waals surface area (Å²) in [5.41, 5.74) is 0.984. The summed E-state index contributed by atoms with van der Waals surface area (Å²) in [6, 6.07) is 3.56.